The Labute approximate surface area is 82.6 Å². The highest BCUT2D eigenvalue weighted by Gasteiger charge is 2.44. The number of rotatable bonds is 1. The maximum Gasteiger partial charge on any atom is 0.180 e. The third-order valence-corrected chi connectivity index (χ3v) is 7.90. The summed E-state index contributed by atoms with van der Waals surface area (Å²) in [5, 5.41) is 0. The van der Waals surface area contributed by atoms with Gasteiger partial charge in [-0.05, 0) is 42.7 Å². The summed E-state index contributed by atoms with van der Waals surface area (Å²) in [5.41, 5.74) is 1.10. The van der Waals surface area contributed by atoms with E-state index in [2.05, 4.69) is 0 Å². The van der Waals surface area contributed by atoms with Crippen LogP contribution in [0, 0.1) is 11.8 Å². The van der Waals surface area contributed by atoms with E-state index in [-0.39, 0.29) is 0 Å². The molecule has 1 saturated heterocycles. The van der Waals surface area contributed by atoms with Crippen LogP contribution in [-0.2, 0) is 4.43 Å². The van der Waals surface area contributed by atoms with E-state index >= 15 is 0 Å². The molecule has 3 aliphatic rings. The first-order valence-electron chi connectivity index (χ1n) is 6.05. The summed E-state index contributed by atoms with van der Waals surface area (Å²) in [6, 6.07) is 1.49. The van der Waals surface area contributed by atoms with Gasteiger partial charge in [0.25, 0.3) is 0 Å². The summed E-state index contributed by atoms with van der Waals surface area (Å²) in [5.74, 6) is 2.23. The molecule has 13 heavy (non-hydrogen) atoms. The Hall–Kier alpha value is 0.177. The minimum absolute atomic E-state index is 0.724. The second-order valence-corrected chi connectivity index (χ2v) is 8.09. The fourth-order valence-electron chi connectivity index (χ4n) is 3.85. The lowest BCUT2D eigenvalue weighted by molar-refractivity contribution is 0.267. The van der Waals surface area contributed by atoms with Gasteiger partial charge >= 0.3 is 0 Å². The van der Waals surface area contributed by atoms with Crippen molar-refractivity contribution in [3.05, 3.63) is 0 Å². The van der Waals surface area contributed by atoms with E-state index in [1.165, 1.54) is 18.9 Å². The Balaban J connectivity index is 1.65. The Morgan fingerprint density at radius 2 is 2.08 bits per heavy atom. The lowest BCUT2D eigenvalue weighted by Crippen LogP contribution is -2.31. The van der Waals surface area contributed by atoms with E-state index in [1.807, 2.05) is 0 Å². The molecule has 1 aliphatic heterocycles. The predicted molar refractivity (Wildman–Crippen MR) is 56.3 cm³/mol. The van der Waals surface area contributed by atoms with Crippen molar-refractivity contribution in [1.29, 1.82) is 0 Å². The largest absolute Gasteiger partial charge is 0.420 e. The van der Waals surface area contributed by atoms with Gasteiger partial charge in [-0.1, -0.05) is 19.3 Å². The highest BCUT2D eigenvalue weighted by Crippen LogP contribution is 2.53. The van der Waals surface area contributed by atoms with Gasteiger partial charge in [-0.2, -0.15) is 0 Å². The molecule has 0 aromatic carbocycles. The molecule has 3 fully saturated rings. The van der Waals surface area contributed by atoms with Gasteiger partial charge in [0, 0.05) is 6.61 Å². The summed E-state index contributed by atoms with van der Waals surface area (Å²) >= 11 is 0. The van der Waals surface area contributed by atoms with Crippen LogP contribution < -0.4 is 0 Å². The van der Waals surface area contributed by atoms with E-state index in [4.69, 9.17) is 4.43 Å². The molecule has 0 aromatic rings. The predicted octanol–water partition coefficient (Wildman–Crippen LogP) is 2.71. The molecule has 0 spiro atoms. The summed E-state index contributed by atoms with van der Waals surface area (Å²) < 4.78 is 6.05. The molecule has 74 valence electrons. The third-order valence-electron chi connectivity index (χ3n) is 4.49. The molecule has 1 heterocycles. The van der Waals surface area contributed by atoms with Gasteiger partial charge in [0.15, 0.2) is 9.04 Å². The Morgan fingerprint density at radius 1 is 1.08 bits per heavy atom. The molecule has 0 aromatic heterocycles. The van der Waals surface area contributed by atoms with Crippen LogP contribution in [-0.4, -0.2) is 15.6 Å². The summed E-state index contributed by atoms with van der Waals surface area (Å²) in [4.78, 5) is 0. The third kappa shape index (κ3) is 1.48. The van der Waals surface area contributed by atoms with Gasteiger partial charge in [0.05, 0.1) is 0 Å². The summed E-state index contributed by atoms with van der Waals surface area (Å²) in [6.45, 7) is 1.10. The minimum atomic E-state index is -0.724. The minimum Gasteiger partial charge on any atom is -0.420 e. The molecule has 2 heteroatoms. The summed E-state index contributed by atoms with van der Waals surface area (Å²) in [7, 11) is -0.724. The van der Waals surface area contributed by atoms with Crippen molar-refractivity contribution in [3.63, 3.8) is 0 Å². The Kier molecular flexibility index (Phi) is 2.21. The number of hydrogen-bond donors (Lipinski definition) is 0. The maximum atomic E-state index is 6.05. The van der Waals surface area contributed by atoms with Crippen LogP contribution in [0.3, 0.4) is 0 Å². The second-order valence-electron chi connectivity index (χ2n) is 5.24. The van der Waals surface area contributed by atoms with Gasteiger partial charge in [-0.15, -0.1) is 0 Å². The maximum absolute atomic E-state index is 6.05. The van der Waals surface area contributed by atoms with Crippen molar-refractivity contribution in [2.24, 2.45) is 11.8 Å². The zero-order chi connectivity index (χ0) is 8.67. The van der Waals surface area contributed by atoms with Crippen molar-refractivity contribution in [2.75, 3.05) is 6.61 Å². The molecule has 1 nitrogen and oxygen atoms in total. The van der Waals surface area contributed by atoms with Crippen molar-refractivity contribution >= 4 is 9.04 Å². The lowest BCUT2D eigenvalue weighted by Gasteiger charge is -2.31. The standard InChI is InChI=1S/C11H20OSi/c1-2-6-13(12-5-1)11-8-9-3-4-10(11)7-9/h9-11,13H,1-8H2. The molecule has 2 bridgehead atoms. The normalized spacial score (nSPS) is 49.8. The van der Waals surface area contributed by atoms with E-state index in [1.54, 1.807) is 25.7 Å². The molecular weight excluding hydrogens is 176 g/mol. The first kappa shape index (κ1) is 8.48. The smallest absolute Gasteiger partial charge is 0.180 e. The fourth-order valence-corrected chi connectivity index (χ4v) is 7.50. The Bertz CT molecular complexity index is 189. The van der Waals surface area contributed by atoms with E-state index in [0.717, 1.165) is 24.0 Å². The number of hydrogen-bond acceptors (Lipinski definition) is 1. The molecular formula is C11H20OSi. The zero-order valence-electron chi connectivity index (χ0n) is 8.37. The molecule has 0 N–H and O–H groups in total. The van der Waals surface area contributed by atoms with Gasteiger partial charge < -0.3 is 4.43 Å². The van der Waals surface area contributed by atoms with E-state index in [9.17, 15) is 0 Å². The van der Waals surface area contributed by atoms with Crippen LogP contribution in [0.15, 0.2) is 0 Å². The fraction of sp³-hybridized carbons (Fsp3) is 1.00. The first-order valence-corrected chi connectivity index (χ1v) is 8.00. The number of fused-ring (bicyclic) bond motifs is 2. The van der Waals surface area contributed by atoms with Crippen LogP contribution in [0.4, 0.5) is 0 Å². The molecule has 3 rings (SSSR count). The highest BCUT2D eigenvalue weighted by molar-refractivity contribution is 6.54. The molecule has 2 saturated carbocycles. The SMILES string of the molecule is C1CC[SiH](C2CC3CCC2C3)OC1. The zero-order valence-corrected chi connectivity index (χ0v) is 9.53. The van der Waals surface area contributed by atoms with Crippen LogP contribution >= 0.6 is 0 Å². The molecule has 2 aliphatic carbocycles. The Morgan fingerprint density at radius 3 is 2.69 bits per heavy atom. The van der Waals surface area contributed by atoms with Crippen LogP contribution in [0.2, 0.25) is 11.6 Å². The van der Waals surface area contributed by atoms with E-state index < -0.39 is 9.04 Å². The molecule has 4 atom stereocenters. The first-order chi connectivity index (χ1) is 6.43. The average molecular weight is 196 g/mol. The molecule has 4 unspecified atom stereocenters. The second kappa shape index (κ2) is 3.39. The molecule has 0 radical (unpaired) electrons. The van der Waals surface area contributed by atoms with Gasteiger partial charge in [0.1, 0.15) is 0 Å². The average Bonchev–Trinajstić information content (AvgIpc) is 2.80. The van der Waals surface area contributed by atoms with Crippen LogP contribution in [0.1, 0.15) is 38.5 Å². The van der Waals surface area contributed by atoms with Gasteiger partial charge in [-0.25, -0.2) is 0 Å². The van der Waals surface area contributed by atoms with Crippen molar-refractivity contribution in [1.82, 2.24) is 0 Å². The van der Waals surface area contributed by atoms with Crippen molar-refractivity contribution in [2.45, 2.75) is 50.1 Å². The monoisotopic (exact) mass is 196 g/mol. The van der Waals surface area contributed by atoms with Gasteiger partial charge in [-0.3, -0.25) is 0 Å². The van der Waals surface area contributed by atoms with Gasteiger partial charge in [0.2, 0.25) is 0 Å². The molecule has 0 amide bonds. The highest BCUT2D eigenvalue weighted by atomic mass is 28.3. The lowest BCUT2D eigenvalue weighted by atomic mass is 10.0. The van der Waals surface area contributed by atoms with Crippen LogP contribution in [0.25, 0.3) is 0 Å². The van der Waals surface area contributed by atoms with E-state index in [0.29, 0.717) is 0 Å². The van der Waals surface area contributed by atoms with Crippen molar-refractivity contribution < 1.29 is 4.43 Å². The quantitative estimate of drug-likeness (QED) is 0.586. The summed E-state index contributed by atoms with van der Waals surface area (Å²) in [6.07, 6.45) is 9.03. The van der Waals surface area contributed by atoms with Crippen molar-refractivity contribution in [3.8, 4) is 0 Å². The van der Waals surface area contributed by atoms with Crippen LogP contribution in [0.5, 0.6) is 0 Å². The topological polar surface area (TPSA) is 9.23 Å².